The third kappa shape index (κ3) is 1.70. The molecule has 3 heteroatoms. The maximum atomic E-state index is 10.9. The van der Waals surface area contributed by atoms with Crippen LogP contribution in [-0.4, -0.2) is 12.0 Å². The molecule has 1 heterocycles. The van der Waals surface area contributed by atoms with Crippen molar-refractivity contribution in [1.29, 1.82) is 0 Å². The summed E-state index contributed by atoms with van der Waals surface area (Å²) in [6, 6.07) is 0. The van der Waals surface area contributed by atoms with Gasteiger partial charge in [0.1, 0.15) is 0 Å². The zero-order chi connectivity index (χ0) is 7.56. The van der Waals surface area contributed by atoms with Crippen molar-refractivity contribution in [2.45, 2.75) is 32.8 Å². The van der Waals surface area contributed by atoms with E-state index in [0.717, 1.165) is 12.8 Å². The minimum atomic E-state index is 0.00403. The van der Waals surface area contributed by atoms with E-state index in [1.165, 1.54) is 0 Å². The first kappa shape index (κ1) is 7.54. The zero-order valence-corrected chi connectivity index (χ0v) is 6.39. The van der Waals surface area contributed by atoms with Crippen molar-refractivity contribution in [3.8, 4) is 0 Å². The van der Waals surface area contributed by atoms with Gasteiger partial charge in [0.15, 0.2) is 0 Å². The highest BCUT2D eigenvalue weighted by molar-refractivity contribution is 5.77. The first-order valence-electron chi connectivity index (χ1n) is 3.65. The van der Waals surface area contributed by atoms with Gasteiger partial charge >= 0.3 is 0 Å². The Hall–Kier alpha value is -0.570. The van der Waals surface area contributed by atoms with Gasteiger partial charge in [-0.3, -0.25) is 9.63 Å². The Morgan fingerprint density at radius 1 is 1.50 bits per heavy atom. The van der Waals surface area contributed by atoms with Gasteiger partial charge in [-0.05, 0) is 19.8 Å². The average Bonchev–Trinajstić information content (AvgIpc) is 2.04. The number of hydrogen-bond donors (Lipinski definition) is 1. The molecule has 0 saturated carbocycles. The van der Waals surface area contributed by atoms with Crippen LogP contribution in [0.1, 0.15) is 26.7 Å². The molecule has 1 rings (SSSR count). The highest BCUT2D eigenvalue weighted by Crippen LogP contribution is 2.12. The molecule has 2 atom stereocenters. The third-order valence-corrected chi connectivity index (χ3v) is 1.81. The van der Waals surface area contributed by atoms with E-state index in [4.69, 9.17) is 4.84 Å². The lowest BCUT2D eigenvalue weighted by atomic mass is 10.0. The Morgan fingerprint density at radius 2 is 2.20 bits per heavy atom. The fourth-order valence-electron chi connectivity index (χ4n) is 0.934. The summed E-state index contributed by atoms with van der Waals surface area (Å²) in [5.74, 6) is 0.106. The SMILES string of the molecule is CC1CCC(C)C(=O)NO1. The minimum Gasteiger partial charge on any atom is -0.273 e. The number of hydrogen-bond acceptors (Lipinski definition) is 2. The summed E-state index contributed by atoms with van der Waals surface area (Å²) in [4.78, 5) is 15.9. The molecule has 0 spiro atoms. The van der Waals surface area contributed by atoms with Gasteiger partial charge in [-0.15, -0.1) is 0 Å². The van der Waals surface area contributed by atoms with Crippen LogP contribution in [0, 0.1) is 5.92 Å². The molecule has 1 fully saturated rings. The topological polar surface area (TPSA) is 38.3 Å². The molecular formula is C7H13NO2. The second kappa shape index (κ2) is 3.01. The van der Waals surface area contributed by atoms with E-state index >= 15 is 0 Å². The van der Waals surface area contributed by atoms with E-state index in [1.807, 2.05) is 13.8 Å². The zero-order valence-electron chi connectivity index (χ0n) is 6.39. The summed E-state index contributed by atoms with van der Waals surface area (Å²) in [7, 11) is 0. The lowest BCUT2D eigenvalue weighted by Crippen LogP contribution is -2.28. The first-order valence-corrected chi connectivity index (χ1v) is 3.65. The lowest BCUT2D eigenvalue weighted by molar-refractivity contribution is -0.137. The number of rotatable bonds is 0. The predicted molar refractivity (Wildman–Crippen MR) is 37.1 cm³/mol. The van der Waals surface area contributed by atoms with E-state index in [0.29, 0.717) is 0 Å². The molecule has 58 valence electrons. The van der Waals surface area contributed by atoms with Gasteiger partial charge in [0.25, 0.3) is 0 Å². The van der Waals surface area contributed by atoms with Crippen LogP contribution in [0.2, 0.25) is 0 Å². The van der Waals surface area contributed by atoms with Crippen LogP contribution in [0.5, 0.6) is 0 Å². The molecule has 1 saturated heterocycles. The van der Waals surface area contributed by atoms with Crippen molar-refractivity contribution in [2.24, 2.45) is 5.92 Å². The molecule has 3 nitrogen and oxygen atoms in total. The molecule has 0 bridgehead atoms. The number of hydroxylamine groups is 1. The quantitative estimate of drug-likeness (QED) is 0.546. The number of carbonyl (C=O) groups is 1. The van der Waals surface area contributed by atoms with E-state index in [1.54, 1.807) is 0 Å². The summed E-state index contributed by atoms with van der Waals surface area (Å²) in [6.07, 6.45) is 2.04. The number of nitrogens with one attached hydrogen (secondary N) is 1. The van der Waals surface area contributed by atoms with Crippen LogP contribution in [0.25, 0.3) is 0 Å². The van der Waals surface area contributed by atoms with Crippen LogP contribution in [-0.2, 0) is 9.63 Å². The Bertz CT molecular complexity index is 136. The Balaban J connectivity index is 2.46. The van der Waals surface area contributed by atoms with Crippen molar-refractivity contribution in [1.82, 2.24) is 5.48 Å². The molecule has 0 aromatic rings. The Kier molecular flexibility index (Phi) is 2.27. The predicted octanol–water partition coefficient (Wildman–Crippen LogP) is 0.853. The minimum absolute atomic E-state index is 0.00403. The normalized spacial score (nSPS) is 34.8. The second-order valence-electron chi connectivity index (χ2n) is 2.87. The Labute approximate surface area is 60.7 Å². The summed E-state index contributed by atoms with van der Waals surface area (Å²) in [6.45, 7) is 3.87. The van der Waals surface area contributed by atoms with Gasteiger partial charge in [-0.1, -0.05) is 6.92 Å². The molecule has 1 N–H and O–H groups in total. The van der Waals surface area contributed by atoms with Crippen molar-refractivity contribution in [3.05, 3.63) is 0 Å². The molecule has 0 radical (unpaired) electrons. The third-order valence-electron chi connectivity index (χ3n) is 1.81. The maximum Gasteiger partial charge on any atom is 0.246 e. The fourth-order valence-corrected chi connectivity index (χ4v) is 0.934. The smallest absolute Gasteiger partial charge is 0.246 e. The first-order chi connectivity index (χ1) is 4.70. The molecule has 10 heavy (non-hydrogen) atoms. The summed E-state index contributed by atoms with van der Waals surface area (Å²) >= 11 is 0. The van der Waals surface area contributed by atoms with Gasteiger partial charge in [0.2, 0.25) is 5.91 Å². The molecular weight excluding hydrogens is 130 g/mol. The summed E-state index contributed by atoms with van der Waals surface area (Å²) < 4.78 is 0. The largest absolute Gasteiger partial charge is 0.273 e. The molecule has 0 aromatic carbocycles. The van der Waals surface area contributed by atoms with Crippen molar-refractivity contribution < 1.29 is 9.63 Å². The van der Waals surface area contributed by atoms with Crippen LogP contribution in [0.4, 0.5) is 0 Å². The average molecular weight is 143 g/mol. The van der Waals surface area contributed by atoms with Crippen LogP contribution in [0.15, 0.2) is 0 Å². The molecule has 1 amide bonds. The lowest BCUT2D eigenvalue weighted by Gasteiger charge is -2.05. The molecule has 2 unspecified atom stereocenters. The van der Waals surface area contributed by atoms with Crippen LogP contribution < -0.4 is 5.48 Å². The highest BCUT2D eigenvalue weighted by Gasteiger charge is 2.19. The van der Waals surface area contributed by atoms with Gasteiger partial charge < -0.3 is 0 Å². The standard InChI is InChI=1S/C7H13NO2/c1-5-3-4-6(2)10-8-7(5)9/h5-6H,3-4H2,1-2H3,(H,8,9). The van der Waals surface area contributed by atoms with Gasteiger partial charge in [-0.2, -0.15) is 0 Å². The maximum absolute atomic E-state index is 10.9. The van der Waals surface area contributed by atoms with Crippen LogP contribution in [0.3, 0.4) is 0 Å². The number of carbonyl (C=O) groups excluding carboxylic acids is 1. The second-order valence-corrected chi connectivity index (χ2v) is 2.87. The summed E-state index contributed by atoms with van der Waals surface area (Å²) in [5, 5.41) is 0. The van der Waals surface area contributed by atoms with Crippen molar-refractivity contribution >= 4 is 5.91 Å². The van der Waals surface area contributed by atoms with Crippen molar-refractivity contribution in [2.75, 3.05) is 0 Å². The molecule has 1 aliphatic rings. The van der Waals surface area contributed by atoms with E-state index < -0.39 is 0 Å². The number of amides is 1. The van der Waals surface area contributed by atoms with E-state index in [9.17, 15) is 4.79 Å². The molecule has 1 aliphatic heterocycles. The molecule has 0 aromatic heterocycles. The van der Waals surface area contributed by atoms with Gasteiger partial charge in [-0.25, -0.2) is 5.48 Å². The van der Waals surface area contributed by atoms with Gasteiger partial charge in [0, 0.05) is 5.92 Å². The monoisotopic (exact) mass is 143 g/mol. The van der Waals surface area contributed by atoms with E-state index in [-0.39, 0.29) is 17.9 Å². The van der Waals surface area contributed by atoms with Crippen molar-refractivity contribution in [3.63, 3.8) is 0 Å². The highest BCUT2D eigenvalue weighted by atomic mass is 16.7. The van der Waals surface area contributed by atoms with Crippen LogP contribution >= 0.6 is 0 Å². The Morgan fingerprint density at radius 3 is 2.90 bits per heavy atom. The fraction of sp³-hybridized carbons (Fsp3) is 0.857. The van der Waals surface area contributed by atoms with Gasteiger partial charge in [0.05, 0.1) is 6.10 Å². The van der Waals surface area contributed by atoms with E-state index in [2.05, 4.69) is 5.48 Å². The molecule has 0 aliphatic carbocycles. The summed E-state index contributed by atoms with van der Waals surface area (Å²) in [5.41, 5.74) is 2.41.